The number of anilines is 1. The predicted octanol–water partition coefficient (Wildman–Crippen LogP) is 1.73. The molecular weight excluding hydrogens is 286 g/mol. The third-order valence-corrected chi connectivity index (χ3v) is 3.18. The number of hydrogen-bond acceptors (Lipinski definition) is 4. The van der Waals surface area contributed by atoms with Gasteiger partial charge in [0.25, 0.3) is 0 Å². The van der Waals surface area contributed by atoms with Gasteiger partial charge < -0.3 is 14.5 Å². The number of piperazine rings is 1. The Bertz CT molecular complexity index is 405. The van der Waals surface area contributed by atoms with Crippen molar-refractivity contribution in [3.8, 4) is 0 Å². The maximum atomic E-state index is 11.3. The molecule has 1 amide bonds. The average Bonchev–Trinajstić information content (AvgIpc) is 2.38. The summed E-state index contributed by atoms with van der Waals surface area (Å²) in [5.74, 6) is 0.934. The standard InChI is InChI=1S/C11H14BrN3O2/c1-17-11(16)15-7-5-14(6-8-15)10-4-2-3-9(12)13-10/h2-4H,5-8H2,1H3. The zero-order valence-electron chi connectivity index (χ0n) is 9.60. The van der Waals surface area contributed by atoms with Crippen LogP contribution in [0.2, 0.25) is 0 Å². The molecule has 0 aliphatic carbocycles. The number of nitrogens with zero attached hydrogens (tertiary/aromatic N) is 3. The van der Waals surface area contributed by atoms with Gasteiger partial charge in [0.2, 0.25) is 0 Å². The van der Waals surface area contributed by atoms with Gasteiger partial charge in [0, 0.05) is 26.2 Å². The van der Waals surface area contributed by atoms with E-state index in [0.717, 1.165) is 23.5 Å². The molecular formula is C11H14BrN3O2. The van der Waals surface area contributed by atoms with E-state index in [9.17, 15) is 4.79 Å². The molecule has 0 atom stereocenters. The van der Waals surface area contributed by atoms with E-state index in [1.807, 2.05) is 18.2 Å². The van der Waals surface area contributed by atoms with Crippen LogP contribution in [0.15, 0.2) is 22.8 Å². The Hall–Kier alpha value is -1.30. The topological polar surface area (TPSA) is 45.7 Å². The molecule has 0 N–H and O–H groups in total. The van der Waals surface area contributed by atoms with Crippen molar-refractivity contribution in [3.05, 3.63) is 22.8 Å². The second kappa shape index (κ2) is 5.35. The summed E-state index contributed by atoms with van der Waals surface area (Å²) in [4.78, 5) is 19.6. The Morgan fingerprint density at radius 3 is 2.65 bits per heavy atom. The molecule has 17 heavy (non-hydrogen) atoms. The lowest BCUT2D eigenvalue weighted by Crippen LogP contribution is -2.49. The van der Waals surface area contributed by atoms with Gasteiger partial charge >= 0.3 is 6.09 Å². The normalized spacial score (nSPS) is 15.9. The highest BCUT2D eigenvalue weighted by atomic mass is 79.9. The zero-order chi connectivity index (χ0) is 12.3. The van der Waals surface area contributed by atoms with Crippen molar-refractivity contribution in [1.29, 1.82) is 0 Å². The number of rotatable bonds is 1. The van der Waals surface area contributed by atoms with Crippen LogP contribution in [0.5, 0.6) is 0 Å². The number of halogens is 1. The zero-order valence-corrected chi connectivity index (χ0v) is 11.2. The van der Waals surface area contributed by atoms with Crippen LogP contribution in [0.1, 0.15) is 0 Å². The molecule has 0 saturated carbocycles. The van der Waals surface area contributed by atoms with Crippen LogP contribution in [-0.2, 0) is 4.74 Å². The summed E-state index contributed by atoms with van der Waals surface area (Å²) in [5.41, 5.74) is 0. The van der Waals surface area contributed by atoms with Crippen LogP contribution < -0.4 is 4.90 Å². The van der Waals surface area contributed by atoms with Crippen molar-refractivity contribution in [3.63, 3.8) is 0 Å². The van der Waals surface area contributed by atoms with Crippen LogP contribution in [0.4, 0.5) is 10.6 Å². The van der Waals surface area contributed by atoms with Crippen molar-refractivity contribution in [2.24, 2.45) is 0 Å². The van der Waals surface area contributed by atoms with Crippen molar-refractivity contribution in [2.75, 3.05) is 38.2 Å². The predicted molar refractivity (Wildman–Crippen MR) is 68.1 cm³/mol. The fourth-order valence-electron chi connectivity index (χ4n) is 1.82. The molecule has 1 aromatic heterocycles. The quantitative estimate of drug-likeness (QED) is 0.741. The first-order valence-corrected chi connectivity index (χ1v) is 6.20. The Balaban J connectivity index is 1.97. The highest BCUT2D eigenvalue weighted by Crippen LogP contribution is 2.16. The summed E-state index contributed by atoms with van der Waals surface area (Å²) >= 11 is 3.35. The first kappa shape index (κ1) is 12.2. The van der Waals surface area contributed by atoms with E-state index in [0.29, 0.717) is 13.1 Å². The van der Waals surface area contributed by atoms with E-state index >= 15 is 0 Å². The molecule has 5 nitrogen and oxygen atoms in total. The fraction of sp³-hybridized carbons (Fsp3) is 0.455. The van der Waals surface area contributed by atoms with Gasteiger partial charge in [0.15, 0.2) is 0 Å². The minimum Gasteiger partial charge on any atom is -0.453 e. The maximum absolute atomic E-state index is 11.3. The second-order valence-electron chi connectivity index (χ2n) is 3.76. The highest BCUT2D eigenvalue weighted by Gasteiger charge is 2.22. The van der Waals surface area contributed by atoms with Crippen LogP contribution in [0.3, 0.4) is 0 Å². The number of pyridine rings is 1. The van der Waals surface area contributed by atoms with E-state index < -0.39 is 0 Å². The van der Waals surface area contributed by atoms with Gasteiger partial charge in [-0.25, -0.2) is 9.78 Å². The van der Waals surface area contributed by atoms with Gasteiger partial charge in [-0.3, -0.25) is 0 Å². The number of methoxy groups -OCH3 is 1. The number of aromatic nitrogens is 1. The number of ether oxygens (including phenoxy) is 1. The summed E-state index contributed by atoms with van der Waals surface area (Å²) in [6, 6.07) is 5.83. The third-order valence-electron chi connectivity index (χ3n) is 2.74. The van der Waals surface area contributed by atoms with Gasteiger partial charge in [-0.15, -0.1) is 0 Å². The number of amides is 1. The Kier molecular flexibility index (Phi) is 3.83. The lowest BCUT2D eigenvalue weighted by atomic mass is 10.3. The molecule has 1 fully saturated rings. The van der Waals surface area contributed by atoms with Crippen LogP contribution in [0.25, 0.3) is 0 Å². The molecule has 1 aliphatic heterocycles. The summed E-state index contributed by atoms with van der Waals surface area (Å²) in [5, 5.41) is 0. The number of hydrogen-bond donors (Lipinski definition) is 0. The summed E-state index contributed by atoms with van der Waals surface area (Å²) in [6.07, 6.45) is -0.258. The maximum Gasteiger partial charge on any atom is 0.409 e. The summed E-state index contributed by atoms with van der Waals surface area (Å²) in [6.45, 7) is 2.89. The SMILES string of the molecule is COC(=O)N1CCN(c2cccc(Br)n2)CC1. The van der Waals surface area contributed by atoms with Crippen LogP contribution >= 0.6 is 15.9 Å². The van der Waals surface area contributed by atoms with Gasteiger partial charge in [-0.2, -0.15) is 0 Å². The Labute approximate surface area is 108 Å². The Morgan fingerprint density at radius 2 is 2.06 bits per heavy atom. The molecule has 0 aromatic carbocycles. The monoisotopic (exact) mass is 299 g/mol. The minimum absolute atomic E-state index is 0.258. The number of carbonyl (C=O) groups excluding carboxylic acids is 1. The lowest BCUT2D eigenvalue weighted by molar-refractivity contribution is 0.121. The van der Waals surface area contributed by atoms with Crippen LogP contribution in [0, 0.1) is 0 Å². The first-order valence-electron chi connectivity index (χ1n) is 5.41. The van der Waals surface area contributed by atoms with Gasteiger partial charge in [0.1, 0.15) is 10.4 Å². The molecule has 1 aromatic rings. The molecule has 2 heterocycles. The lowest BCUT2D eigenvalue weighted by Gasteiger charge is -2.34. The van der Waals surface area contributed by atoms with E-state index in [1.165, 1.54) is 7.11 Å². The molecule has 6 heteroatoms. The van der Waals surface area contributed by atoms with Gasteiger partial charge in [-0.1, -0.05) is 6.07 Å². The third kappa shape index (κ3) is 2.88. The Morgan fingerprint density at radius 1 is 1.35 bits per heavy atom. The molecule has 0 spiro atoms. The van der Waals surface area contributed by atoms with Gasteiger partial charge in [0.05, 0.1) is 7.11 Å². The molecule has 1 aliphatic rings. The molecule has 92 valence electrons. The van der Waals surface area contributed by atoms with Crippen molar-refractivity contribution in [1.82, 2.24) is 9.88 Å². The van der Waals surface area contributed by atoms with E-state index in [2.05, 4.69) is 25.8 Å². The molecule has 0 unspecified atom stereocenters. The summed E-state index contributed by atoms with van der Waals surface area (Å²) in [7, 11) is 1.41. The summed E-state index contributed by atoms with van der Waals surface area (Å²) < 4.78 is 5.52. The fourth-order valence-corrected chi connectivity index (χ4v) is 2.16. The average molecular weight is 300 g/mol. The second-order valence-corrected chi connectivity index (χ2v) is 4.58. The number of carbonyl (C=O) groups is 1. The smallest absolute Gasteiger partial charge is 0.409 e. The first-order chi connectivity index (χ1) is 8.20. The van der Waals surface area contributed by atoms with E-state index in [1.54, 1.807) is 4.90 Å². The van der Waals surface area contributed by atoms with Crippen molar-refractivity contribution >= 4 is 27.8 Å². The highest BCUT2D eigenvalue weighted by molar-refractivity contribution is 9.10. The van der Waals surface area contributed by atoms with Crippen molar-refractivity contribution < 1.29 is 9.53 Å². The minimum atomic E-state index is -0.258. The molecule has 0 bridgehead atoms. The van der Waals surface area contributed by atoms with Crippen molar-refractivity contribution in [2.45, 2.75) is 0 Å². The largest absolute Gasteiger partial charge is 0.453 e. The van der Waals surface area contributed by atoms with E-state index in [-0.39, 0.29) is 6.09 Å². The molecule has 1 saturated heterocycles. The molecule has 2 rings (SSSR count). The van der Waals surface area contributed by atoms with Crippen LogP contribution in [-0.4, -0.2) is 49.3 Å². The molecule has 0 radical (unpaired) electrons. The van der Waals surface area contributed by atoms with Gasteiger partial charge in [-0.05, 0) is 28.1 Å². The van der Waals surface area contributed by atoms with E-state index in [4.69, 9.17) is 4.74 Å².